The van der Waals surface area contributed by atoms with Gasteiger partial charge in [-0.05, 0) is 70.9 Å². The van der Waals surface area contributed by atoms with Crippen LogP contribution in [0, 0.1) is 11.3 Å². The molecule has 5 rings (SSSR count). The van der Waals surface area contributed by atoms with Crippen LogP contribution >= 0.6 is 0 Å². The summed E-state index contributed by atoms with van der Waals surface area (Å²) in [4.78, 5) is 25.7. The Morgan fingerprint density at radius 2 is 1.68 bits per heavy atom. The highest BCUT2D eigenvalue weighted by Crippen LogP contribution is 2.58. The Bertz CT molecular complexity index is 668. The number of hydrogen-bond acceptors (Lipinski definition) is 6. The monoisotopic (exact) mass is 429 g/mol. The molecule has 2 atom stereocenters. The molecule has 1 spiro atoms. The molecule has 4 fully saturated rings. The average Bonchev–Trinajstić information content (AvgIpc) is 2.97. The molecule has 0 radical (unpaired) electrons. The van der Waals surface area contributed by atoms with Gasteiger partial charge in [-0.3, -0.25) is 0 Å². The number of carbonyl (C=O) groups is 1. The minimum atomic E-state index is 0.602. The maximum atomic E-state index is 8.81. The van der Waals surface area contributed by atoms with Crippen LogP contribution in [0.25, 0.3) is 0 Å². The Kier molecular flexibility index (Phi) is 8.45. The minimum absolute atomic E-state index is 0.602. The van der Waals surface area contributed by atoms with E-state index in [1.807, 2.05) is 13.8 Å². The Balaban J connectivity index is 0.000000504. The van der Waals surface area contributed by atoms with E-state index in [2.05, 4.69) is 41.2 Å². The number of aldehydes is 1. The molecule has 0 aromatic carbocycles. The molecule has 174 valence electrons. The van der Waals surface area contributed by atoms with Crippen LogP contribution in [0.5, 0.6) is 0 Å². The molecule has 2 bridgehead atoms. The van der Waals surface area contributed by atoms with E-state index < -0.39 is 0 Å². The van der Waals surface area contributed by atoms with Gasteiger partial charge in [0.15, 0.2) is 0 Å². The molecule has 0 amide bonds. The van der Waals surface area contributed by atoms with Crippen molar-refractivity contribution in [3.63, 3.8) is 0 Å². The zero-order chi connectivity index (χ0) is 22.4. The van der Waals surface area contributed by atoms with E-state index in [1.54, 1.807) is 0 Å². The van der Waals surface area contributed by atoms with Gasteiger partial charge in [-0.2, -0.15) is 0 Å². The van der Waals surface area contributed by atoms with Crippen LogP contribution in [0.15, 0.2) is 12.4 Å². The number of piperazine rings is 1. The molecule has 31 heavy (non-hydrogen) atoms. The van der Waals surface area contributed by atoms with Gasteiger partial charge in [0.25, 0.3) is 0 Å². The standard InChI is InChI=1S/C21H33N5.C2H4O.C2H6/c1-24(12-16-8-21(9-16)6-3-7-21)13-17-10-22-20(23-11-17)26-18-4-5-19(26)15-25(2)14-18;1-2-3;1-2/h10-11,16,18-19H,3-9,12-15H2,1-2H3;2H,1H3;1-2H3. The molecule has 1 aromatic rings. The van der Waals surface area contributed by atoms with Crippen molar-refractivity contribution in [3.8, 4) is 0 Å². The second-order valence-corrected chi connectivity index (χ2v) is 9.97. The second-order valence-electron chi connectivity index (χ2n) is 9.97. The number of aromatic nitrogens is 2. The van der Waals surface area contributed by atoms with Crippen molar-refractivity contribution < 1.29 is 4.79 Å². The Morgan fingerprint density at radius 1 is 1.13 bits per heavy atom. The normalized spacial score (nSPS) is 26.3. The molecular formula is C25H43N5O. The maximum Gasteiger partial charge on any atom is 0.225 e. The topological polar surface area (TPSA) is 52.6 Å². The Morgan fingerprint density at radius 3 is 2.16 bits per heavy atom. The van der Waals surface area contributed by atoms with Gasteiger partial charge in [-0.1, -0.05) is 20.3 Å². The van der Waals surface area contributed by atoms with Crippen molar-refractivity contribution in [2.24, 2.45) is 11.3 Å². The minimum Gasteiger partial charge on any atom is -0.332 e. The van der Waals surface area contributed by atoms with Gasteiger partial charge < -0.3 is 19.5 Å². The van der Waals surface area contributed by atoms with E-state index >= 15 is 0 Å². The quantitative estimate of drug-likeness (QED) is 0.660. The highest BCUT2D eigenvalue weighted by atomic mass is 16.1. The summed E-state index contributed by atoms with van der Waals surface area (Å²) in [5, 5.41) is 0. The van der Waals surface area contributed by atoms with E-state index in [4.69, 9.17) is 14.8 Å². The molecule has 2 saturated heterocycles. The van der Waals surface area contributed by atoms with Crippen molar-refractivity contribution in [2.75, 3.05) is 38.6 Å². The highest BCUT2D eigenvalue weighted by Gasteiger charge is 2.47. The third-order valence-corrected chi connectivity index (χ3v) is 7.47. The molecule has 3 heterocycles. The number of carbonyl (C=O) groups excluding carboxylic acids is 1. The predicted molar refractivity (Wildman–Crippen MR) is 127 cm³/mol. The van der Waals surface area contributed by atoms with E-state index in [9.17, 15) is 0 Å². The lowest BCUT2D eigenvalue weighted by Crippen LogP contribution is -2.53. The maximum absolute atomic E-state index is 8.81. The molecule has 0 N–H and O–H groups in total. The molecule has 4 aliphatic rings. The first-order valence-corrected chi connectivity index (χ1v) is 12.4. The molecule has 2 aliphatic heterocycles. The van der Waals surface area contributed by atoms with E-state index in [0.717, 1.165) is 43.2 Å². The van der Waals surface area contributed by atoms with E-state index in [1.165, 1.54) is 64.0 Å². The predicted octanol–water partition coefficient (Wildman–Crippen LogP) is 4.00. The number of fused-ring (bicyclic) bond motifs is 2. The number of nitrogens with zero attached hydrogens (tertiary/aromatic N) is 5. The van der Waals surface area contributed by atoms with Gasteiger partial charge in [0.1, 0.15) is 6.29 Å². The van der Waals surface area contributed by atoms with Gasteiger partial charge in [0.2, 0.25) is 5.95 Å². The first-order valence-electron chi connectivity index (χ1n) is 12.4. The number of anilines is 1. The summed E-state index contributed by atoms with van der Waals surface area (Å²) < 4.78 is 0. The van der Waals surface area contributed by atoms with Crippen LogP contribution in [-0.2, 0) is 11.3 Å². The van der Waals surface area contributed by atoms with Crippen molar-refractivity contribution in [3.05, 3.63) is 18.0 Å². The van der Waals surface area contributed by atoms with Crippen molar-refractivity contribution in [1.82, 2.24) is 19.8 Å². The van der Waals surface area contributed by atoms with Gasteiger partial charge in [-0.25, -0.2) is 9.97 Å². The number of rotatable bonds is 5. The molecule has 6 heteroatoms. The highest BCUT2D eigenvalue weighted by molar-refractivity contribution is 5.44. The number of hydrogen-bond donors (Lipinski definition) is 0. The lowest BCUT2D eigenvalue weighted by atomic mass is 9.52. The fraction of sp³-hybridized carbons (Fsp3) is 0.800. The fourth-order valence-electron chi connectivity index (χ4n) is 6.20. The first-order chi connectivity index (χ1) is 15.0. The average molecular weight is 430 g/mol. The molecular weight excluding hydrogens is 386 g/mol. The third-order valence-electron chi connectivity index (χ3n) is 7.47. The summed E-state index contributed by atoms with van der Waals surface area (Å²) in [5.74, 6) is 1.87. The Hall–Kier alpha value is -1.53. The van der Waals surface area contributed by atoms with Crippen LogP contribution in [0.3, 0.4) is 0 Å². The van der Waals surface area contributed by atoms with E-state index in [0.29, 0.717) is 12.1 Å². The summed E-state index contributed by atoms with van der Waals surface area (Å²) in [6.07, 6.45) is 14.8. The Labute approximate surface area is 189 Å². The smallest absolute Gasteiger partial charge is 0.225 e. The molecule has 2 saturated carbocycles. The molecule has 2 aliphatic carbocycles. The van der Waals surface area contributed by atoms with Gasteiger partial charge in [0, 0.05) is 56.2 Å². The molecule has 1 aromatic heterocycles. The summed E-state index contributed by atoms with van der Waals surface area (Å²) in [6, 6.07) is 1.20. The molecule has 6 nitrogen and oxygen atoms in total. The second kappa shape index (κ2) is 10.9. The largest absolute Gasteiger partial charge is 0.332 e. The van der Waals surface area contributed by atoms with Crippen LogP contribution in [-0.4, -0.2) is 71.9 Å². The van der Waals surface area contributed by atoms with Gasteiger partial charge in [-0.15, -0.1) is 0 Å². The lowest BCUT2D eigenvalue weighted by molar-refractivity contribution is -0.106. The summed E-state index contributed by atoms with van der Waals surface area (Å²) in [6.45, 7) is 9.94. The number of likely N-dealkylation sites (tertiary alicyclic amines) is 1. The fourth-order valence-corrected chi connectivity index (χ4v) is 6.20. The zero-order valence-electron chi connectivity index (χ0n) is 20.4. The van der Waals surface area contributed by atoms with Crippen LogP contribution in [0.1, 0.15) is 71.3 Å². The van der Waals surface area contributed by atoms with Crippen molar-refractivity contribution in [2.45, 2.75) is 84.3 Å². The lowest BCUT2D eigenvalue weighted by Gasteiger charge is -2.55. The van der Waals surface area contributed by atoms with E-state index in [-0.39, 0.29) is 0 Å². The van der Waals surface area contributed by atoms with Crippen LogP contribution in [0.4, 0.5) is 5.95 Å². The van der Waals surface area contributed by atoms with Gasteiger partial charge >= 0.3 is 0 Å². The van der Waals surface area contributed by atoms with Crippen LogP contribution < -0.4 is 4.90 Å². The van der Waals surface area contributed by atoms with Crippen LogP contribution in [0.2, 0.25) is 0 Å². The van der Waals surface area contributed by atoms with Crippen molar-refractivity contribution >= 4 is 12.2 Å². The number of likely N-dealkylation sites (N-methyl/N-ethyl adjacent to an activating group) is 1. The first kappa shape index (κ1) is 24.1. The van der Waals surface area contributed by atoms with Gasteiger partial charge in [0.05, 0.1) is 0 Å². The summed E-state index contributed by atoms with van der Waals surface area (Å²) in [5.41, 5.74) is 2.04. The zero-order valence-corrected chi connectivity index (χ0v) is 20.4. The summed E-state index contributed by atoms with van der Waals surface area (Å²) in [7, 11) is 4.48. The SMILES string of the molecule is CC.CC=O.CN(Cc1cnc(N2C3CCC2CN(C)C3)nc1)CC1CC2(CCC2)C1. The summed E-state index contributed by atoms with van der Waals surface area (Å²) >= 11 is 0. The molecule has 2 unspecified atom stereocenters. The van der Waals surface area contributed by atoms with Crippen molar-refractivity contribution in [1.29, 1.82) is 0 Å². The third kappa shape index (κ3) is 5.64.